The van der Waals surface area contributed by atoms with E-state index < -0.39 is 10.2 Å². The highest BCUT2D eigenvalue weighted by molar-refractivity contribution is 7.86. The van der Waals surface area contributed by atoms with Crippen LogP contribution in [0.4, 0.5) is 4.79 Å². The van der Waals surface area contributed by atoms with E-state index in [4.69, 9.17) is 0 Å². The molecule has 2 aliphatic rings. The second kappa shape index (κ2) is 7.77. The van der Waals surface area contributed by atoms with E-state index in [1.54, 1.807) is 15.4 Å². The highest BCUT2D eigenvalue weighted by Crippen LogP contribution is 2.18. The Morgan fingerprint density at radius 1 is 1.08 bits per heavy atom. The van der Waals surface area contributed by atoms with Crippen molar-refractivity contribution >= 4 is 27.6 Å². The largest absolute Gasteiger partial charge is 0.331 e. The molecule has 2 saturated heterocycles. The highest BCUT2D eigenvalue weighted by Gasteiger charge is 2.33. The van der Waals surface area contributed by atoms with Gasteiger partial charge in [0.15, 0.2) is 0 Å². The molecular formula is C14H23N5O3S2. The molecule has 3 rings (SSSR count). The number of thiazole rings is 1. The molecule has 2 aliphatic heterocycles. The van der Waals surface area contributed by atoms with Crippen molar-refractivity contribution in [3.63, 3.8) is 0 Å². The van der Waals surface area contributed by atoms with Gasteiger partial charge >= 0.3 is 6.03 Å². The van der Waals surface area contributed by atoms with Gasteiger partial charge in [-0.2, -0.15) is 17.0 Å². The topological polar surface area (TPSA) is 85.9 Å². The molecule has 0 radical (unpaired) electrons. The molecule has 10 heteroatoms. The Bertz CT molecular complexity index is 643. The van der Waals surface area contributed by atoms with Crippen molar-refractivity contribution in [3.8, 4) is 0 Å². The Kier molecular flexibility index (Phi) is 5.69. The number of rotatable bonds is 4. The first-order chi connectivity index (χ1) is 11.6. The Morgan fingerprint density at radius 2 is 1.79 bits per heavy atom. The highest BCUT2D eigenvalue weighted by atomic mass is 32.2. The average molecular weight is 374 g/mol. The van der Waals surface area contributed by atoms with Crippen molar-refractivity contribution in [3.05, 3.63) is 16.6 Å². The quantitative estimate of drug-likeness (QED) is 0.842. The normalized spacial score (nSPS) is 20.9. The summed E-state index contributed by atoms with van der Waals surface area (Å²) in [6, 6.07) is -0.161. The molecule has 24 heavy (non-hydrogen) atoms. The zero-order chi connectivity index (χ0) is 17.0. The number of urea groups is 1. The van der Waals surface area contributed by atoms with E-state index in [-0.39, 0.29) is 6.03 Å². The minimum atomic E-state index is -3.38. The first-order valence-electron chi connectivity index (χ1n) is 8.24. The molecule has 0 aromatic carbocycles. The Hall–Kier alpha value is -1.23. The molecule has 0 bridgehead atoms. The molecule has 0 saturated carbocycles. The fraction of sp³-hybridized carbons (Fsp3) is 0.714. The smallest absolute Gasteiger partial charge is 0.317 e. The average Bonchev–Trinajstić information content (AvgIpc) is 3.22. The first-order valence-corrected chi connectivity index (χ1v) is 10.5. The Labute approximate surface area is 146 Å². The predicted octanol–water partition coefficient (Wildman–Crippen LogP) is 0.701. The second-order valence-corrected chi connectivity index (χ2v) is 8.85. The van der Waals surface area contributed by atoms with Crippen LogP contribution in [0.5, 0.6) is 0 Å². The third kappa shape index (κ3) is 4.05. The van der Waals surface area contributed by atoms with Crippen molar-refractivity contribution in [2.24, 2.45) is 0 Å². The van der Waals surface area contributed by atoms with Crippen LogP contribution in [0.2, 0.25) is 0 Å². The van der Waals surface area contributed by atoms with Gasteiger partial charge in [0, 0.05) is 50.8 Å². The number of nitrogens with one attached hydrogen (secondary N) is 1. The maximum Gasteiger partial charge on any atom is 0.317 e. The Morgan fingerprint density at radius 3 is 2.50 bits per heavy atom. The van der Waals surface area contributed by atoms with E-state index in [1.807, 2.05) is 5.38 Å². The van der Waals surface area contributed by atoms with Crippen LogP contribution in [0.3, 0.4) is 0 Å². The molecule has 2 amide bonds. The van der Waals surface area contributed by atoms with Crippen molar-refractivity contribution < 1.29 is 13.2 Å². The molecule has 0 unspecified atom stereocenters. The second-order valence-electron chi connectivity index (χ2n) is 5.94. The maximum atomic E-state index is 12.6. The number of hydrogen-bond acceptors (Lipinski definition) is 5. The summed E-state index contributed by atoms with van der Waals surface area (Å²) in [5, 5.41) is 5.58. The minimum absolute atomic E-state index is 0.161. The molecule has 1 aromatic heterocycles. The molecule has 0 spiro atoms. The van der Waals surface area contributed by atoms with Crippen molar-refractivity contribution in [2.75, 3.05) is 39.3 Å². The van der Waals surface area contributed by atoms with E-state index in [1.165, 1.54) is 15.6 Å². The van der Waals surface area contributed by atoms with Gasteiger partial charge < -0.3 is 10.2 Å². The van der Waals surface area contributed by atoms with Crippen molar-refractivity contribution in [1.82, 2.24) is 23.8 Å². The summed E-state index contributed by atoms with van der Waals surface area (Å²) in [5.41, 5.74) is 0. The lowest BCUT2D eigenvalue weighted by Crippen LogP contribution is -2.45. The van der Waals surface area contributed by atoms with E-state index in [9.17, 15) is 13.2 Å². The third-order valence-corrected chi connectivity index (χ3v) is 7.15. The Balaban J connectivity index is 1.53. The summed E-state index contributed by atoms with van der Waals surface area (Å²) in [5.74, 6) is 0. The maximum absolute atomic E-state index is 12.6. The summed E-state index contributed by atoms with van der Waals surface area (Å²) in [7, 11) is -3.38. The van der Waals surface area contributed by atoms with Gasteiger partial charge in [0.2, 0.25) is 0 Å². The van der Waals surface area contributed by atoms with Crippen molar-refractivity contribution in [2.45, 2.75) is 25.8 Å². The van der Waals surface area contributed by atoms with E-state index in [0.717, 1.165) is 17.8 Å². The molecule has 1 N–H and O–H groups in total. The first kappa shape index (κ1) is 17.6. The van der Waals surface area contributed by atoms with Crippen LogP contribution >= 0.6 is 11.3 Å². The van der Waals surface area contributed by atoms with Crippen LogP contribution in [-0.2, 0) is 16.8 Å². The van der Waals surface area contributed by atoms with Crippen LogP contribution in [0.25, 0.3) is 0 Å². The summed E-state index contributed by atoms with van der Waals surface area (Å²) in [6.07, 6.45) is 4.22. The molecule has 134 valence electrons. The lowest BCUT2D eigenvalue weighted by molar-refractivity contribution is 0.200. The molecule has 0 atom stereocenters. The number of aromatic nitrogens is 1. The molecule has 8 nitrogen and oxygen atoms in total. The summed E-state index contributed by atoms with van der Waals surface area (Å²) in [4.78, 5) is 18.1. The number of carbonyl (C=O) groups is 1. The van der Waals surface area contributed by atoms with Crippen LogP contribution in [0, 0.1) is 0 Å². The molecule has 0 aliphatic carbocycles. The minimum Gasteiger partial charge on any atom is -0.331 e. The van der Waals surface area contributed by atoms with Gasteiger partial charge in [-0.3, -0.25) is 0 Å². The number of amides is 2. The lowest BCUT2D eigenvalue weighted by atomic mass is 10.4. The van der Waals surface area contributed by atoms with Gasteiger partial charge in [-0.25, -0.2) is 9.78 Å². The van der Waals surface area contributed by atoms with Crippen molar-refractivity contribution in [1.29, 1.82) is 0 Å². The van der Waals surface area contributed by atoms with Crippen LogP contribution in [0.1, 0.15) is 24.3 Å². The standard InChI is InChI=1S/C14H23N5O3S2/c20-14(16-12-13-15-4-11-23-13)17-5-3-8-19(10-9-17)24(21,22)18-6-1-2-7-18/h4,11H,1-3,5-10,12H2,(H,16,20). The fourth-order valence-corrected chi connectivity index (χ4v) is 5.29. The number of carbonyl (C=O) groups excluding carboxylic acids is 1. The zero-order valence-corrected chi connectivity index (χ0v) is 15.2. The van der Waals surface area contributed by atoms with Gasteiger partial charge in [-0.15, -0.1) is 11.3 Å². The van der Waals surface area contributed by atoms with Gasteiger partial charge in [-0.1, -0.05) is 0 Å². The number of nitrogens with zero attached hydrogens (tertiary/aromatic N) is 4. The van der Waals surface area contributed by atoms with Crippen LogP contribution in [0.15, 0.2) is 11.6 Å². The summed E-state index contributed by atoms with van der Waals surface area (Å²) >= 11 is 1.50. The molecule has 2 fully saturated rings. The third-order valence-electron chi connectivity index (χ3n) is 4.33. The number of hydrogen-bond donors (Lipinski definition) is 1. The van der Waals surface area contributed by atoms with E-state index >= 15 is 0 Å². The SMILES string of the molecule is O=C(NCc1nccs1)N1CCCN(S(=O)(=O)N2CCCC2)CC1. The van der Waals surface area contributed by atoms with Crippen LogP contribution in [-0.4, -0.2) is 72.2 Å². The monoisotopic (exact) mass is 373 g/mol. The zero-order valence-electron chi connectivity index (χ0n) is 13.6. The van der Waals surface area contributed by atoms with Gasteiger partial charge in [-0.05, 0) is 19.3 Å². The molecule has 1 aromatic rings. The fourth-order valence-electron chi connectivity index (χ4n) is 3.01. The summed E-state index contributed by atoms with van der Waals surface area (Å²) in [6.45, 7) is 3.42. The summed E-state index contributed by atoms with van der Waals surface area (Å²) < 4.78 is 28.3. The molecule has 3 heterocycles. The van der Waals surface area contributed by atoms with Gasteiger partial charge in [0.05, 0.1) is 6.54 Å². The lowest BCUT2D eigenvalue weighted by Gasteiger charge is -2.26. The van der Waals surface area contributed by atoms with E-state index in [2.05, 4.69) is 10.3 Å². The molecular weight excluding hydrogens is 350 g/mol. The predicted molar refractivity (Wildman–Crippen MR) is 91.8 cm³/mol. The van der Waals surface area contributed by atoms with E-state index in [0.29, 0.717) is 52.2 Å². The van der Waals surface area contributed by atoms with Gasteiger partial charge in [0.1, 0.15) is 5.01 Å². The van der Waals surface area contributed by atoms with Gasteiger partial charge in [0.25, 0.3) is 10.2 Å². The van der Waals surface area contributed by atoms with Crippen LogP contribution < -0.4 is 5.32 Å².